The van der Waals surface area contributed by atoms with Crippen LogP contribution in [0, 0.1) is 5.82 Å². The fourth-order valence-corrected chi connectivity index (χ4v) is 1.17. The number of carbonyl (C=O) groups excluding carboxylic acids is 1. The molecule has 0 fully saturated rings. The highest BCUT2D eigenvalue weighted by Gasteiger charge is 2.01. The molecule has 0 bridgehead atoms. The summed E-state index contributed by atoms with van der Waals surface area (Å²) in [6.45, 7) is 0. The highest BCUT2D eigenvalue weighted by atomic mass is 19.1. The van der Waals surface area contributed by atoms with E-state index in [9.17, 15) is 9.18 Å². The van der Waals surface area contributed by atoms with Crippen LogP contribution in [0.2, 0.25) is 0 Å². The second-order valence-electron chi connectivity index (χ2n) is 2.81. The molecule has 0 aliphatic carbocycles. The third kappa shape index (κ3) is 1.54. The Balaban J connectivity index is 2.39. The van der Waals surface area contributed by atoms with E-state index >= 15 is 0 Å². The number of imidazole rings is 1. The summed E-state index contributed by atoms with van der Waals surface area (Å²) >= 11 is 0. The average molecular weight is 190 g/mol. The Morgan fingerprint density at radius 1 is 1.29 bits per heavy atom. The molecule has 1 aromatic carbocycles. The SMILES string of the molecule is O=Cc1ncc(-c2ccc(F)cc2)[nH]1. The third-order valence-corrected chi connectivity index (χ3v) is 1.86. The van der Waals surface area contributed by atoms with Gasteiger partial charge in [0.25, 0.3) is 0 Å². The minimum atomic E-state index is -0.288. The molecule has 14 heavy (non-hydrogen) atoms. The van der Waals surface area contributed by atoms with Gasteiger partial charge in [0.1, 0.15) is 5.82 Å². The summed E-state index contributed by atoms with van der Waals surface area (Å²) in [5.41, 5.74) is 1.50. The highest BCUT2D eigenvalue weighted by molar-refractivity contribution is 5.71. The molecule has 1 N–H and O–H groups in total. The number of hydrogen-bond acceptors (Lipinski definition) is 2. The lowest BCUT2D eigenvalue weighted by Gasteiger charge is -1.95. The summed E-state index contributed by atoms with van der Waals surface area (Å²) in [5, 5.41) is 0. The van der Waals surface area contributed by atoms with Gasteiger partial charge in [-0.2, -0.15) is 0 Å². The second kappa shape index (κ2) is 3.41. The zero-order chi connectivity index (χ0) is 9.97. The lowest BCUT2D eigenvalue weighted by atomic mass is 10.2. The van der Waals surface area contributed by atoms with Crippen molar-refractivity contribution in [3.8, 4) is 11.3 Å². The first-order valence-electron chi connectivity index (χ1n) is 4.06. The number of aromatic amines is 1. The number of hydrogen-bond donors (Lipinski definition) is 1. The monoisotopic (exact) mass is 190 g/mol. The molecule has 0 spiro atoms. The summed E-state index contributed by atoms with van der Waals surface area (Å²) in [7, 11) is 0. The molecular formula is C10H7FN2O. The van der Waals surface area contributed by atoms with E-state index in [4.69, 9.17) is 0 Å². The molecule has 0 saturated carbocycles. The van der Waals surface area contributed by atoms with E-state index in [0.29, 0.717) is 12.0 Å². The molecule has 3 nitrogen and oxygen atoms in total. The molecule has 0 saturated heterocycles. The summed E-state index contributed by atoms with van der Waals surface area (Å²) in [4.78, 5) is 17.0. The van der Waals surface area contributed by atoms with Gasteiger partial charge in [0.15, 0.2) is 12.1 Å². The van der Waals surface area contributed by atoms with Crippen molar-refractivity contribution in [1.82, 2.24) is 9.97 Å². The van der Waals surface area contributed by atoms with Crippen molar-refractivity contribution in [2.45, 2.75) is 0 Å². The third-order valence-electron chi connectivity index (χ3n) is 1.86. The van der Waals surface area contributed by atoms with E-state index in [1.165, 1.54) is 18.3 Å². The maximum absolute atomic E-state index is 12.6. The van der Waals surface area contributed by atoms with Gasteiger partial charge in [-0.15, -0.1) is 0 Å². The second-order valence-corrected chi connectivity index (χ2v) is 2.81. The number of nitrogens with one attached hydrogen (secondary N) is 1. The van der Waals surface area contributed by atoms with E-state index in [-0.39, 0.29) is 11.6 Å². The minimum absolute atomic E-state index is 0.268. The molecule has 0 aliphatic heterocycles. The van der Waals surface area contributed by atoms with Crippen LogP contribution in [0.15, 0.2) is 30.5 Å². The van der Waals surface area contributed by atoms with Crippen LogP contribution in [0.1, 0.15) is 10.6 Å². The van der Waals surface area contributed by atoms with E-state index in [2.05, 4.69) is 9.97 Å². The molecule has 2 aromatic rings. The summed E-state index contributed by atoms with van der Waals surface area (Å²) in [5.74, 6) is -0.0202. The Hall–Kier alpha value is -1.97. The molecule has 0 atom stereocenters. The highest BCUT2D eigenvalue weighted by Crippen LogP contribution is 2.16. The molecule has 70 valence electrons. The lowest BCUT2D eigenvalue weighted by Crippen LogP contribution is -1.82. The van der Waals surface area contributed by atoms with Crippen LogP contribution in [0.3, 0.4) is 0 Å². The van der Waals surface area contributed by atoms with Gasteiger partial charge in [-0.3, -0.25) is 4.79 Å². The number of carbonyl (C=O) groups is 1. The van der Waals surface area contributed by atoms with Crippen molar-refractivity contribution in [1.29, 1.82) is 0 Å². The van der Waals surface area contributed by atoms with Crippen LogP contribution in [-0.4, -0.2) is 16.3 Å². The van der Waals surface area contributed by atoms with E-state index in [1.807, 2.05) is 0 Å². The normalized spacial score (nSPS) is 10.1. The predicted octanol–water partition coefficient (Wildman–Crippen LogP) is 2.03. The number of aldehydes is 1. The maximum atomic E-state index is 12.6. The summed E-state index contributed by atoms with van der Waals surface area (Å²) < 4.78 is 12.6. The molecule has 0 radical (unpaired) electrons. The molecular weight excluding hydrogens is 183 g/mol. The van der Waals surface area contributed by atoms with Gasteiger partial charge >= 0.3 is 0 Å². The summed E-state index contributed by atoms with van der Waals surface area (Å²) in [6.07, 6.45) is 2.17. The number of benzene rings is 1. The van der Waals surface area contributed by atoms with Crippen molar-refractivity contribution >= 4 is 6.29 Å². The van der Waals surface area contributed by atoms with Crippen LogP contribution in [-0.2, 0) is 0 Å². The first-order chi connectivity index (χ1) is 6.79. The topological polar surface area (TPSA) is 45.8 Å². The standard InChI is InChI=1S/C10H7FN2O/c11-8-3-1-7(2-4-8)9-5-12-10(6-14)13-9/h1-6H,(H,12,13). The van der Waals surface area contributed by atoms with Gasteiger partial charge in [-0.1, -0.05) is 0 Å². The molecule has 1 heterocycles. The van der Waals surface area contributed by atoms with E-state index in [0.717, 1.165) is 5.56 Å². The van der Waals surface area contributed by atoms with Crippen molar-refractivity contribution < 1.29 is 9.18 Å². The van der Waals surface area contributed by atoms with Gasteiger partial charge in [-0.05, 0) is 29.8 Å². The Morgan fingerprint density at radius 3 is 2.57 bits per heavy atom. The lowest BCUT2D eigenvalue weighted by molar-refractivity contribution is 0.111. The van der Waals surface area contributed by atoms with Crippen molar-refractivity contribution in [3.05, 3.63) is 42.1 Å². The molecule has 0 amide bonds. The van der Waals surface area contributed by atoms with Crippen LogP contribution in [0.5, 0.6) is 0 Å². The van der Waals surface area contributed by atoms with Gasteiger partial charge in [0, 0.05) is 0 Å². The van der Waals surface area contributed by atoms with Crippen molar-refractivity contribution in [3.63, 3.8) is 0 Å². The van der Waals surface area contributed by atoms with E-state index < -0.39 is 0 Å². The number of aromatic nitrogens is 2. The smallest absolute Gasteiger partial charge is 0.185 e. The zero-order valence-corrected chi connectivity index (χ0v) is 7.20. The zero-order valence-electron chi connectivity index (χ0n) is 7.20. The van der Waals surface area contributed by atoms with Crippen LogP contribution >= 0.6 is 0 Å². The molecule has 2 rings (SSSR count). The molecule has 1 aromatic heterocycles. The maximum Gasteiger partial charge on any atom is 0.185 e. The average Bonchev–Trinajstić information content (AvgIpc) is 2.67. The largest absolute Gasteiger partial charge is 0.336 e. The van der Waals surface area contributed by atoms with Crippen molar-refractivity contribution in [2.24, 2.45) is 0 Å². The number of rotatable bonds is 2. The Morgan fingerprint density at radius 2 is 2.00 bits per heavy atom. The van der Waals surface area contributed by atoms with Gasteiger partial charge in [0.2, 0.25) is 0 Å². The van der Waals surface area contributed by atoms with Crippen LogP contribution in [0.4, 0.5) is 4.39 Å². The Labute approximate surface area is 79.6 Å². The fraction of sp³-hybridized carbons (Fsp3) is 0. The van der Waals surface area contributed by atoms with Crippen LogP contribution in [0.25, 0.3) is 11.3 Å². The summed E-state index contributed by atoms with van der Waals surface area (Å²) in [6, 6.07) is 5.96. The van der Waals surface area contributed by atoms with Gasteiger partial charge in [0.05, 0.1) is 11.9 Å². The minimum Gasteiger partial charge on any atom is -0.336 e. The molecule has 0 aliphatic rings. The first kappa shape index (κ1) is 8.62. The first-order valence-corrected chi connectivity index (χ1v) is 4.06. The predicted molar refractivity (Wildman–Crippen MR) is 49.4 cm³/mol. The molecule has 0 unspecified atom stereocenters. The quantitative estimate of drug-likeness (QED) is 0.736. The molecule has 4 heteroatoms. The van der Waals surface area contributed by atoms with Gasteiger partial charge in [-0.25, -0.2) is 9.37 Å². The Kier molecular flexibility index (Phi) is 2.10. The number of halogens is 1. The number of nitrogens with zero attached hydrogens (tertiary/aromatic N) is 1. The van der Waals surface area contributed by atoms with Crippen LogP contribution < -0.4 is 0 Å². The number of H-pyrrole nitrogens is 1. The van der Waals surface area contributed by atoms with Crippen molar-refractivity contribution in [2.75, 3.05) is 0 Å². The fourth-order valence-electron chi connectivity index (χ4n) is 1.17. The Bertz CT molecular complexity index is 447. The van der Waals surface area contributed by atoms with Gasteiger partial charge < -0.3 is 4.98 Å². The van der Waals surface area contributed by atoms with E-state index in [1.54, 1.807) is 12.1 Å².